The molecular weight excluding hydrogens is 408 g/mol. The zero-order chi connectivity index (χ0) is 21.8. The van der Waals surface area contributed by atoms with Gasteiger partial charge in [-0.15, -0.1) is 5.10 Å². The zero-order valence-corrected chi connectivity index (χ0v) is 17.5. The molecule has 6 rings (SSSR count). The van der Waals surface area contributed by atoms with Gasteiger partial charge in [-0.05, 0) is 43.2 Å². The Morgan fingerprint density at radius 3 is 2.81 bits per heavy atom. The normalized spacial score (nSPS) is 16.5. The van der Waals surface area contributed by atoms with Crippen LogP contribution in [0, 0.1) is 5.92 Å². The summed E-state index contributed by atoms with van der Waals surface area (Å²) in [6.07, 6.45) is 5.71. The number of methoxy groups -OCH3 is 1. The number of benzene rings is 1. The first kappa shape index (κ1) is 19.0. The summed E-state index contributed by atoms with van der Waals surface area (Å²) in [5, 5.41) is 8.84. The van der Waals surface area contributed by atoms with Gasteiger partial charge in [0.2, 0.25) is 5.91 Å². The van der Waals surface area contributed by atoms with Crippen LogP contribution < -0.4 is 15.8 Å². The van der Waals surface area contributed by atoms with Crippen LogP contribution in [0.15, 0.2) is 47.5 Å². The Bertz CT molecular complexity index is 1410. The molecule has 0 spiro atoms. The molecule has 4 aromatic rings. The molecule has 1 saturated carbocycles. The number of H-pyrrole nitrogens is 1. The molecule has 9 nitrogen and oxygen atoms in total. The van der Waals surface area contributed by atoms with Crippen LogP contribution >= 0.6 is 0 Å². The first-order valence-electron chi connectivity index (χ1n) is 10.7. The average molecular weight is 430 g/mol. The summed E-state index contributed by atoms with van der Waals surface area (Å²) in [5.74, 6) is 0.632. The van der Waals surface area contributed by atoms with Crippen LogP contribution in [0.4, 0.5) is 11.4 Å². The highest BCUT2D eigenvalue weighted by Crippen LogP contribution is 2.32. The predicted octanol–water partition coefficient (Wildman–Crippen LogP) is 2.42. The van der Waals surface area contributed by atoms with Gasteiger partial charge in [0.1, 0.15) is 0 Å². The van der Waals surface area contributed by atoms with E-state index >= 15 is 0 Å². The van der Waals surface area contributed by atoms with Gasteiger partial charge in [0.05, 0.1) is 18.0 Å². The second kappa shape index (κ2) is 7.16. The van der Waals surface area contributed by atoms with Gasteiger partial charge in [-0.1, -0.05) is 0 Å². The lowest BCUT2D eigenvalue weighted by Crippen LogP contribution is -2.51. The number of pyridine rings is 2. The van der Waals surface area contributed by atoms with E-state index < -0.39 is 0 Å². The molecule has 3 aromatic heterocycles. The summed E-state index contributed by atoms with van der Waals surface area (Å²) in [4.78, 5) is 34.2. The largest absolute Gasteiger partial charge is 0.378 e. The summed E-state index contributed by atoms with van der Waals surface area (Å²) in [7, 11) is 1.73. The number of fused-ring (bicyclic) bond motifs is 2. The van der Waals surface area contributed by atoms with Crippen LogP contribution in [-0.2, 0) is 9.53 Å². The molecule has 0 unspecified atom stereocenters. The first-order chi connectivity index (χ1) is 15.6. The Hall–Kier alpha value is -3.72. The van der Waals surface area contributed by atoms with Crippen molar-refractivity contribution in [3.05, 3.63) is 53.1 Å². The molecule has 1 aromatic carbocycles. The van der Waals surface area contributed by atoms with Crippen molar-refractivity contribution in [3.8, 4) is 11.4 Å². The minimum Gasteiger partial charge on any atom is -0.378 e. The van der Waals surface area contributed by atoms with Crippen molar-refractivity contribution in [1.29, 1.82) is 0 Å². The Labute approximate surface area is 183 Å². The number of aromatic amines is 1. The predicted molar refractivity (Wildman–Crippen MR) is 121 cm³/mol. The molecule has 2 fully saturated rings. The summed E-state index contributed by atoms with van der Waals surface area (Å²) < 4.78 is 7.11. The van der Waals surface area contributed by atoms with Gasteiger partial charge in [-0.3, -0.25) is 9.59 Å². The molecule has 32 heavy (non-hydrogen) atoms. The van der Waals surface area contributed by atoms with E-state index in [4.69, 9.17) is 4.74 Å². The van der Waals surface area contributed by atoms with E-state index in [1.165, 1.54) is 0 Å². The molecule has 1 aliphatic carbocycles. The summed E-state index contributed by atoms with van der Waals surface area (Å²) in [6.45, 7) is 1.70. The van der Waals surface area contributed by atoms with Crippen LogP contribution in [0.1, 0.15) is 12.8 Å². The lowest BCUT2D eigenvalue weighted by molar-refractivity contribution is -0.117. The maximum Gasteiger partial charge on any atom is 0.255 e. The number of carbonyl (C=O) groups is 1. The van der Waals surface area contributed by atoms with Gasteiger partial charge in [0, 0.05) is 54.3 Å². The molecule has 2 aliphatic rings. The van der Waals surface area contributed by atoms with E-state index in [9.17, 15) is 9.59 Å². The van der Waals surface area contributed by atoms with Crippen LogP contribution in [0.3, 0.4) is 0 Å². The summed E-state index contributed by atoms with van der Waals surface area (Å²) in [6, 6.07) is 9.26. The van der Waals surface area contributed by atoms with E-state index in [0.717, 1.165) is 31.6 Å². The lowest BCUT2D eigenvalue weighted by atomic mass is 10.1. The molecule has 0 bridgehead atoms. The minimum absolute atomic E-state index is 0.0239. The number of nitrogens with one attached hydrogen (secondary N) is 2. The number of aromatic nitrogens is 4. The number of hydrogen-bond donors (Lipinski definition) is 2. The van der Waals surface area contributed by atoms with Crippen molar-refractivity contribution in [2.75, 3.05) is 30.4 Å². The molecule has 2 N–H and O–H groups in total. The highest BCUT2D eigenvalue weighted by Gasteiger charge is 2.30. The van der Waals surface area contributed by atoms with Crippen LogP contribution in [-0.4, -0.2) is 51.8 Å². The monoisotopic (exact) mass is 430 g/mol. The van der Waals surface area contributed by atoms with Crippen LogP contribution in [0.25, 0.3) is 27.8 Å². The van der Waals surface area contributed by atoms with Gasteiger partial charge in [0.15, 0.2) is 11.5 Å². The van der Waals surface area contributed by atoms with E-state index in [1.54, 1.807) is 30.0 Å². The second-order valence-electron chi connectivity index (χ2n) is 8.44. The first-order valence-corrected chi connectivity index (χ1v) is 10.7. The Kier molecular flexibility index (Phi) is 4.25. The smallest absolute Gasteiger partial charge is 0.255 e. The quantitative estimate of drug-likeness (QED) is 0.504. The number of anilines is 2. The fraction of sp³-hybridized carbons (Fsp3) is 0.304. The van der Waals surface area contributed by atoms with Crippen molar-refractivity contribution in [1.82, 2.24) is 19.6 Å². The van der Waals surface area contributed by atoms with Gasteiger partial charge in [-0.25, -0.2) is 9.50 Å². The number of ether oxygens (including phenoxy) is 1. The average Bonchev–Trinajstić information content (AvgIpc) is 3.53. The standard InChI is InChI=1S/C23H22N6O3/c1-32-16-11-28(12-16)15-5-7-20-26-21(27-29(20)10-15)19-9-24-23(31)17-6-4-14(8-18(17)19)25-22(30)13-2-3-13/h4-10,13,16H,2-3,11-12H2,1H3,(H,24,31)(H,25,30). The minimum atomic E-state index is -0.194. The third-order valence-corrected chi connectivity index (χ3v) is 6.22. The summed E-state index contributed by atoms with van der Waals surface area (Å²) in [5.41, 5.74) is 2.94. The van der Waals surface area contributed by atoms with Crippen molar-refractivity contribution < 1.29 is 9.53 Å². The maximum atomic E-state index is 12.4. The van der Waals surface area contributed by atoms with E-state index in [1.807, 2.05) is 24.4 Å². The third-order valence-electron chi connectivity index (χ3n) is 6.22. The van der Waals surface area contributed by atoms with Gasteiger partial charge >= 0.3 is 0 Å². The molecule has 1 amide bonds. The maximum absolute atomic E-state index is 12.4. The molecule has 4 heterocycles. The summed E-state index contributed by atoms with van der Waals surface area (Å²) >= 11 is 0. The van der Waals surface area contributed by atoms with Crippen LogP contribution in [0.5, 0.6) is 0 Å². The lowest BCUT2D eigenvalue weighted by Gasteiger charge is -2.39. The van der Waals surface area contributed by atoms with E-state index in [-0.39, 0.29) is 23.5 Å². The van der Waals surface area contributed by atoms with E-state index in [0.29, 0.717) is 33.5 Å². The molecule has 1 aliphatic heterocycles. The highest BCUT2D eigenvalue weighted by molar-refractivity contribution is 6.00. The molecular formula is C23H22N6O3. The topological polar surface area (TPSA) is 105 Å². The zero-order valence-electron chi connectivity index (χ0n) is 17.5. The molecule has 162 valence electrons. The van der Waals surface area contributed by atoms with Gasteiger partial charge in [-0.2, -0.15) is 0 Å². The fourth-order valence-corrected chi connectivity index (χ4v) is 4.08. The molecule has 0 atom stereocenters. The highest BCUT2D eigenvalue weighted by atomic mass is 16.5. The Morgan fingerprint density at radius 1 is 1.19 bits per heavy atom. The number of nitrogens with zero attached hydrogens (tertiary/aromatic N) is 4. The number of carbonyl (C=O) groups excluding carboxylic acids is 1. The fourth-order valence-electron chi connectivity index (χ4n) is 4.08. The number of amides is 1. The van der Waals surface area contributed by atoms with Gasteiger partial charge < -0.3 is 19.9 Å². The van der Waals surface area contributed by atoms with Crippen molar-refractivity contribution in [3.63, 3.8) is 0 Å². The van der Waals surface area contributed by atoms with Crippen molar-refractivity contribution in [2.24, 2.45) is 5.92 Å². The third kappa shape index (κ3) is 3.21. The Balaban J connectivity index is 1.39. The Morgan fingerprint density at radius 2 is 2.03 bits per heavy atom. The van der Waals surface area contributed by atoms with Crippen LogP contribution in [0.2, 0.25) is 0 Å². The number of hydrogen-bond acceptors (Lipinski definition) is 6. The molecule has 9 heteroatoms. The second-order valence-corrected chi connectivity index (χ2v) is 8.44. The SMILES string of the molecule is COC1CN(c2ccc3nc(-c4c[nH]c(=O)c5ccc(NC(=O)C6CC6)cc45)nn3c2)C1. The van der Waals surface area contributed by atoms with E-state index in [2.05, 4.69) is 25.3 Å². The number of rotatable bonds is 5. The van der Waals surface area contributed by atoms with Gasteiger partial charge in [0.25, 0.3) is 5.56 Å². The van der Waals surface area contributed by atoms with Crippen molar-refractivity contribution >= 4 is 33.7 Å². The molecule has 0 radical (unpaired) electrons. The molecule has 1 saturated heterocycles. The van der Waals surface area contributed by atoms with Crippen molar-refractivity contribution in [2.45, 2.75) is 18.9 Å².